The van der Waals surface area contributed by atoms with E-state index < -0.39 is 35.4 Å². The summed E-state index contributed by atoms with van der Waals surface area (Å²) in [5, 5.41) is 28.8. The van der Waals surface area contributed by atoms with E-state index >= 15 is 0 Å². The van der Waals surface area contributed by atoms with Crippen LogP contribution in [0, 0.1) is 0 Å². The van der Waals surface area contributed by atoms with Crippen LogP contribution in [0.1, 0.15) is 89.9 Å². The highest BCUT2D eigenvalue weighted by molar-refractivity contribution is 7.98. The van der Waals surface area contributed by atoms with Gasteiger partial charge in [-0.05, 0) is 99.9 Å². The number of nitrogens with zero attached hydrogens (tertiary/aromatic N) is 7. The molecule has 0 radical (unpaired) electrons. The Balaban J connectivity index is 1.01. The number of aliphatic carboxylic acids is 1. The number of aromatic nitrogens is 4. The summed E-state index contributed by atoms with van der Waals surface area (Å²) in [6.45, 7) is 5.24. The summed E-state index contributed by atoms with van der Waals surface area (Å²) in [6, 6.07) is 23.1. The van der Waals surface area contributed by atoms with Crippen LogP contribution in [0.15, 0.2) is 120 Å². The van der Waals surface area contributed by atoms with Gasteiger partial charge in [-0.25, -0.2) is 9.59 Å². The molecule has 6 aromatic rings. The molecule has 0 saturated heterocycles. The number of aryl methyl sites for hydroxylation is 3. The third-order valence-electron chi connectivity index (χ3n) is 10.9. The standard InChI is InChI=1S/C50H59N11O8S/c1-50(2,3)69-48(67)54-39-27-43(59(6)30-39)47(66)53-38-26-42(58(5)29-38)46(65)52-37-25-41(57(4)28-37)45(64)51-36-21-23-61(31-36)49(68)60(7)40(15-11-12-16-44(62)63)22-24-70-32-33-17-19-35(20-18-33)56-55-34-13-9-8-10-14-34/h8-10,13-14,17-21,23,25-31,40H,11-12,15-16,22,24,32H2,1-7H3,(H,51,64)(H,52,65)(H,53,66)(H,54,67)(H,62,63). The van der Waals surface area contributed by atoms with E-state index in [2.05, 4.69) is 31.5 Å². The molecule has 1 unspecified atom stereocenters. The van der Waals surface area contributed by atoms with Gasteiger partial charge in [0.25, 0.3) is 17.7 Å². The molecule has 5 amide bonds. The maximum atomic E-state index is 13.8. The number of unbranched alkanes of at least 4 members (excludes halogenated alkanes) is 1. The molecule has 0 spiro atoms. The first kappa shape index (κ1) is 51.5. The Kier molecular flexibility index (Phi) is 17.2. The van der Waals surface area contributed by atoms with E-state index in [4.69, 9.17) is 4.74 Å². The lowest BCUT2D eigenvalue weighted by Crippen LogP contribution is -2.39. The van der Waals surface area contributed by atoms with Crippen molar-refractivity contribution in [1.82, 2.24) is 23.2 Å². The zero-order valence-electron chi connectivity index (χ0n) is 40.3. The first-order valence-electron chi connectivity index (χ1n) is 22.6. The van der Waals surface area contributed by atoms with Crippen molar-refractivity contribution >= 4 is 81.7 Å². The molecule has 0 bridgehead atoms. The molecule has 4 heterocycles. The van der Waals surface area contributed by atoms with Crippen LogP contribution in [0.25, 0.3) is 0 Å². The van der Waals surface area contributed by atoms with Crippen molar-refractivity contribution in [2.75, 3.05) is 34.1 Å². The van der Waals surface area contributed by atoms with Gasteiger partial charge >= 0.3 is 18.1 Å². The fraction of sp³-hybridized carbons (Fsp3) is 0.320. The van der Waals surface area contributed by atoms with Gasteiger partial charge in [0.1, 0.15) is 22.7 Å². The van der Waals surface area contributed by atoms with Crippen molar-refractivity contribution < 1.29 is 38.6 Å². The van der Waals surface area contributed by atoms with Gasteiger partial charge in [-0.2, -0.15) is 22.0 Å². The summed E-state index contributed by atoms with van der Waals surface area (Å²) in [4.78, 5) is 79.0. The number of carboxylic acids is 1. The first-order valence-corrected chi connectivity index (χ1v) is 23.7. The molecule has 19 nitrogen and oxygen atoms in total. The number of hydrogen-bond donors (Lipinski definition) is 5. The molecule has 1 atom stereocenters. The average molecular weight is 974 g/mol. The number of hydrogen-bond acceptors (Lipinski definition) is 10. The van der Waals surface area contributed by atoms with Crippen molar-refractivity contribution in [3.05, 3.63) is 132 Å². The number of benzene rings is 2. The van der Waals surface area contributed by atoms with Crippen molar-refractivity contribution in [2.45, 2.75) is 70.3 Å². The zero-order chi connectivity index (χ0) is 50.5. The quantitative estimate of drug-likeness (QED) is 0.0362. The van der Waals surface area contributed by atoms with Gasteiger partial charge in [0.05, 0.1) is 34.1 Å². The van der Waals surface area contributed by atoms with Crippen LogP contribution in [-0.2, 0) is 36.4 Å². The summed E-state index contributed by atoms with van der Waals surface area (Å²) in [7, 11) is 6.71. The number of amides is 5. The topological polar surface area (TPSA) is 228 Å². The Morgan fingerprint density at radius 3 is 1.71 bits per heavy atom. The predicted molar refractivity (Wildman–Crippen MR) is 271 cm³/mol. The largest absolute Gasteiger partial charge is 0.481 e. The molecule has 368 valence electrons. The van der Waals surface area contributed by atoms with Gasteiger partial charge in [-0.1, -0.05) is 36.8 Å². The fourth-order valence-electron chi connectivity index (χ4n) is 7.38. The van der Waals surface area contributed by atoms with Crippen molar-refractivity contribution in [3.63, 3.8) is 0 Å². The van der Waals surface area contributed by atoms with Crippen molar-refractivity contribution in [1.29, 1.82) is 0 Å². The number of thioether (sulfide) groups is 1. The monoisotopic (exact) mass is 973 g/mol. The second-order valence-corrected chi connectivity index (χ2v) is 18.8. The highest BCUT2D eigenvalue weighted by Crippen LogP contribution is 2.25. The number of ether oxygens (including phenoxy) is 1. The molecule has 0 aliphatic carbocycles. The van der Waals surface area contributed by atoms with Crippen LogP contribution >= 0.6 is 11.8 Å². The molecule has 0 aliphatic rings. The molecule has 70 heavy (non-hydrogen) atoms. The van der Waals surface area contributed by atoms with E-state index in [0.29, 0.717) is 48.4 Å². The molecule has 6 rings (SSSR count). The average Bonchev–Trinajstić information content (AvgIpc) is 4.10. The van der Waals surface area contributed by atoms with Crippen LogP contribution in [0.2, 0.25) is 0 Å². The SMILES string of the molecule is CN(C(=O)n1ccc(NC(=O)c2cc(NC(=O)c3cc(NC(=O)c4cc(NC(=O)OC(C)(C)C)cn4C)cn3C)cn2C)c1)C(CCCCC(=O)O)CCSCc1ccc(N=Nc2ccccc2)cc1. The third-order valence-corrected chi connectivity index (χ3v) is 12.0. The summed E-state index contributed by atoms with van der Waals surface area (Å²) in [6.07, 6.45) is 9.72. The molecule has 5 N–H and O–H groups in total. The van der Waals surface area contributed by atoms with E-state index in [1.54, 1.807) is 110 Å². The Morgan fingerprint density at radius 1 is 0.671 bits per heavy atom. The van der Waals surface area contributed by atoms with Crippen LogP contribution < -0.4 is 21.3 Å². The summed E-state index contributed by atoms with van der Waals surface area (Å²) >= 11 is 1.75. The number of anilines is 4. The summed E-state index contributed by atoms with van der Waals surface area (Å²) < 4.78 is 11.4. The Morgan fingerprint density at radius 2 is 1.19 bits per heavy atom. The van der Waals surface area contributed by atoms with Crippen molar-refractivity contribution in [2.24, 2.45) is 31.4 Å². The minimum absolute atomic E-state index is 0.0572. The maximum Gasteiger partial charge on any atom is 0.412 e. The Hall–Kier alpha value is -7.87. The predicted octanol–water partition coefficient (Wildman–Crippen LogP) is 10.3. The third kappa shape index (κ3) is 14.8. The minimum Gasteiger partial charge on any atom is -0.481 e. The second kappa shape index (κ2) is 23.4. The second-order valence-electron chi connectivity index (χ2n) is 17.7. The molecular formula is C50H59N11O8S. The molecule has 0 aliphatic heterocycles. The van der Waals surface area contributed by atoms with Crippen molar-refractivity contribution in [3.8, 4) is 0 Å². The van der Waals surface area contributed by atoms with E-state index in [-0.39, 0.29) is 35.6 Å². The molecule has 0 fully saturated rings. The smallest absolute Gasteiger partial charge is 0.412 e. The lowest BCUT2D eigenvalue weighted by Gasteiger charge is -2.28. The first-order chi connectivity index (χ1) is 33.3. The molecular weight excluding hydrogens is 915 g/mol. The Bertz CT molecular complexity index is 2840. The number of azo groups is 1. The number of rotatable bonds is 20. The maximum absolute atomic E-state index is 13.8. The molecule has 0 saturated carbocycles. The molecule has 4 aromatic heterocycles. The lowest BCUT2D eigenvalue weighted by atomic mass is 10.0. The van der Waals surface area contributed by atoms with E-state index in [1.165, 1.54) is 29.0 Å². The van der Waals surface area contributed by atoms with Gasteiger partial charge in [0.2, 0.25) is 0 Å². The minimum atomic E-state index is -0.856. The molecule has 20 heteroatoms. The van der Waals surface area contributed by atoms with Gasteiger partial charge in [-0.15, -0.1) is 0 Å². The van der Waals surface area contributed by atoms with Gasteiger partial charge in [0.15, 0.2) is 0 Å². The highest BCUT2D eigenvalue weighted by Gasteiger charge is 2.24. The number of carbonyl (C=O) groups is 6. The van der Waals surface area contributed by atoms with E-state index in [0.717, 1.165) is 28.4 Å². The van der Waals surface area contributed by atoms with Gasteiger partial charge in [0, 0.05) is 77.4 Å². The fourth-order valence-corrected chi connectivity index (χ4v) is 8.39. The normalized spacial score (nSPS) is 11.8. The number of carbonyl (C=O) groups excluding carboxylic acids is 5. The zero-order valence-corrected chi connectivity index (χ0v) is 41.1. The molecule has 2 aromatic carbocycles. The lowest BCUT2D eigenvalue weighted by molar-refractivity contribution is -0.137. The number of nitrogens with one attached hydrogen (secondary N) is 4. The van der Waals surface area contributed by atoms with E-state index in [9.17, 15) is 33.9 Å². The number of carboxylic acid groups (broad SMARTS) is 1. The van der Waals surface area contributed by atoms with E-state index in [1.807, 2.05) is 54.6 Å². The highest BCUT2D eigenvalue weighted by atomic mass is 32.2. The van der Waals surface area contributed by atoms with Crippen LogP contribution in [-0.4, -0.2) is 88.5 Å². The van der Waals surface area contributed by atoms with Gasteiger partial charge < -0.3 is 44.4 Å². The summed E-state index contributed by atoms with van der Waals surface area (Å²) in [5.41, 5.74) is 4.14. The van der Waals surface area contributed by atoms with Gasteiger partial charge in [-0.3, -0.25) is 29.1 Å². The Labute approximate surface area is 410 Å². The van der Waals surface area contributed by atoms with Crippen LogP contribution in [0.4, 0.5) is 43.7 Å². The van der Waals surface area contributed by atoms with Crippen LogP contribution in [0.5, 0.6) is 0 Å². The van der Waals surface area contributed by atoms with Crippen LogP contribution in [0.3, 0.4) is 0 Å². The summed E-state index contributed by atoms with van der Waals surface area (Å²) in [5.74, 6) is -0.764.